The van der Waals surface area contributed by atoms with Gasteiger partial charge in [0.2, 0.25) is 0 Å². The van der Waals surface area contributed by atoms with E-state index in [-0.39, 0.29) is 23.2 Å². The number of para-hydroxylation sites is 1. The summed E-state index contributed by atoms with van der Waals surface area (Å²) < 4.78 is 29.5. The Morgan fingerprint density at radius 3 is 2.55 bits per heavy atom. The van der Waals surface area contributed by atoms with E-state index in [0.29, 0.717) is 17.2 Å². The number of amides is 1. The first kappa shape index (κ1) is 22.4. The van der Waals surface area contributed by atoms with Crippen molar-refractivity contribution in [1.82, 2.24) is 19.5 Å². The largest absolute Gasteiger partial charge is 0.333 e. The van der Waals surface area contributed by atoms with Crippen molar-refractivity contribution in [2.24, 2.45) is 0 Å². The van der Waals surface area contributed by atoms with Crippen LogP contribution in [-0.2, 0) is 0 Å². The summed E-state index contributed by atoms with van der Waals surface area (Å²) in [5.74, 6) is -0.899. The molecule has 8 heteroatoms. The number of carbonyl (C=O) groups is 1. The molecule has 1 unspecified atom stereocenters. The van der Waals surface area contributed by atoms with Crippen LogP contribution in [0.4, 0.5) is 14.5 Å². The Balaban J connectivity index is 1.73. The monoisotopic (exact) mass is 449 g/mol. The number of hydrogen-bond acceptors (Lipinski definition) is 3. The highest BCUT2D eigenvalue weighted by Gasteiger charge is 2.23. The zero-order chi connectivity index (χ0) is 23.4. The zero-order valence-corrected chi connectivity index (χ0v) is 18.5. The number of nitrogens with one attached hydrogen (secondary N) is 2. The smallest absolute Gasteiger partial charge is 0.273 e. The molecule has 0 aliphatic rings. The average Bonchev–Trinajstić information content (AvgIpc) is 3.47. The lowest BCUT2D eigenvalue weighted by Gasteiger charge is -2.18. The Morgan fingerprint density at radius 1 is 1.09 bits per heavy atom. The van der Waals surface area contributed by atoms with Crippen molar-refractivity contribution in [3.63, 3.8) is 0 Å². The number of halogens is 2. The van der Waals surface area contributed by atoms with Gasteiger partial charge in [0.15, 0.2) is 5.82 Å². The van der Waals surface area contributed by atoms with Gasteiger partial charge in [-0.25, -0.2) is 18.7 Å². The number of anilines is 1. The highest BCUT2D eigenvalue weighted by atomic mass is 19.1. The summed E-state index contributed by atoms with van der Waals surface area (Å²) >= 11 is 0. The van der Waals surface area contributed by atoms with Gasteiger partial charge in [0.1, 0.15) is 23.0 Å². The quantitative estimate of drug-likeness (QED) is 0.335. The number of benzene rings is 2. The number of nitrogens with zero attached hydrogens (tertiary/aromatic N) is 3. The molecule has 1 amide bonds. The predicted molar refractivity (Wildman–Crippen MR) is 124 cm³/mol. The molecule has 0 bridgehead atoms. The van der Waals surface area contributed by atoms with Crippen LogP contribution in [0, 0.1) is 11.6 Å². The van der Waals surface area contributed by atoms with Crippen molar-refractivity contribution in [1.29, 1.82) is 0 Å². The van der Waals surface area contributed by atoms with E-state index in [1.165, 1.54) is 30.5 Å². The van der Waals surface area contributed by atoms with Gasteiger partial charge in [-0.05, 0) is 49.2 Å². The summed E-state index contributed by atoms with van der Waals surface area (Å²) in [6.45, 7) is 4.23. The number of rotatable bonds is 8. The second kappa shape index (κ2) is 9.77. The summed E-state index contributed by atoms with van der Waals surface area (Å²) in [5.41, 5.74) is 2.37. The fraction of sp³-hybridized carbons (Fsp3) is 0.240. The van der Waals surface area contributed by atoms with Gasteiger partial charge in [0, 0.05) is 11.6 Å². The van der Waals surface area contributed by atoms with Crippen LogP contribution in [0.1, 0.15) is 49.6 Å². The average molecular weight is 450 g/mol. The Kier molecular flexibility index (Phi) is 6.63. The summed E-state index contributed by atoms with van der Waals surface area (Å²) in [7, 11) is 0. The molecule has 2 N–H and O–H groups in total. The molecule has 0 saturated carbocycles. The van der Waals surface area contributed by atoms with Gasteiger partial charge in [-0.2, -0.15) is 0 Å². The molecule has 0 saturated heterocycles. The van der Waals surface area contributed by atoms with Crippen molar-refractivity contribution >= 4 is 11.6 Å². The first-order valence-corrected chi connectivity index (χ1v) is 11.0. The fourth-order valence-corrected chi connectivity index (χ4v) is 3.87. The number of imidazole rings is 2. The third-order valence-electron chi connectivity index (χ3n) is 5.56. The first-order valence-electron chi connectivity index (χ1n) is 11.0. The number of aromatic nitrogens is 4. The molecule has 33 heavy (non-hydrogen) atoms. The molecule has 0 aliphatic heterocycles. The fourth-order valence-electron chi connectivity index (χ4n) is 3.87. The van der Waals surface area contributed by atoms with E-state index >= 15 is 0 Å². The van der Waals surface area contributed by atoms with Crippen LogP contribution in [0.15, 0.2) is 61.1 Å². The summed E-state index contributed by atoms with van der Waals surface area (Å²) in [6, 6.07) is 12.3. The predicted octanol–water partition coefficient (Wildman–Crippen LogP) is 6.22. The lowest BCUT2D eigenvalue weighted by molar-refractivity contribution is 0.102. The Hall–Kier alpha value is -3.81. The van der Waals surface area contributed by atoms with Crippen molar-refractivity contribution in [3.05, 3.63) is 78.4 Å². The molecular weight excluding hydrogens is 424 g/mol. The standard InChI is InChI=1S/C25H25F2N5O/c1-3-7-18(4-2)32-15-29-22(16-10-12-17(26)13-11-16)23(32)24-28-14-21(30-24)25(33)31-20-9-6-5-8-19(20)27/h5-6,8-15,18H,3-4,7H2,1-2H3,(H,28,30)(H,31,33). The highest BCUT2D eigenvalue weighted by molar-refractivity contribution is 6.03. The second-order valence-electron chi connectivity index (χ2n) is 7.79. The van der Waals surface area contributed by atoms with Crippen LogP contribution in [0.5, 0.6) is 0 Å². The molecule has 170 valence electrons. The maximum absolute atomic E-state index is 13.9. The van der Waals surface area contributed by atoms with Gasteiger partial charge in [-0.15, -0.1) is 0 Å². The molecule has 6 nitrogen and oxygen atoms in total. The van der Waals surface area contributed by atoms with E-state index in [1.54, 1.807) is 30.6 Å². The molecule has 0 radical (unpaired) electrons. The topological polar surface area (TPSA) is 75.6 Å². The SMILES string of the molecule is CCCC(CC)n1cnc(-c2ccc(F)cc2)c1-c1ncc(C(=O)Nc2ccccc2F)[nH]1. The first-order chi connectivity index (χ1) is 16.0. The van der Waals surface area contributed by atoms with E-state index in [0.717, 1.165) is 24.8 Å². The highest BCUT2D eigenvalue weighted by Crippen LogP contribution is 2.34. The van der Waals surface area contributed by atoms with Crippen LogP contribution in [0.3, 0.4) is 0 Å². The molecule has 4 rings (SSSR count). The van der Waals surface area contributed by atoms with Crippen molar-refractivity contribution in [2.45, 2.75) is 39.2 Å². The van der Waals surface area contributed by atoms with Crippen molar-refractivity contribution in [3.8, 4) is 22.8 Å². The Morgan fingerprint density at radius 2 is 1.85 bits per heavy atom. The molecule has 0 aliphatic carbocycles. The third kappa shape index (κ3) is 4.69. The maximum atomic E-state index is 13.9. The lowest BCUT2D eigenvalue weighted by atomic mass is 10.1. The van der Waals surface area contributed by atoms with E-state index in [4.69, 9.17) is 0 Å². The van der Waals surface area contributed by atoms with Crippen LogP contribution in [0.2, 0.25) is 0 Å². The number of H-pyrrole nitrogens is 1. The molecule has 0 spiro atoms. The van der Waals surface area contributed by atoms with Crippen LogP contribution in [-0.4, -0.2) is 25.4 Å². The van der Waals surface area contributed by atoms with Gasteiger partial charge in [0.05, 0.1) is 23.9 Å². The van der Waals surface area contributed by atoms with Gasteiger partial charge < -0.3 is 14.9 Å². The van der Waals surface area contributed by atoms with Gasteiger partial charge >= 0.3 is 0 Å². The van der Waals surface area contributed by atoms with Gasteiger partial charge in [-0.1, -0.05) is 32.4 Å². The Bertz CT molecular complexity index is 1250. The van der Waals surface area contributed by atoms with E-state index in [9.17, 15) is 13.6 Å². The molecule has 2 aromatic carbocycles. The number of carbonyl (C=O) groups excluding carboxylic acids is 1. The minimum absolute atomic E-state index is 0.0877. The van der Waals surface area contributed by atoms with Crippen LogP contribution < -0.4 is 5.32 Å². The normalized spacial score (nSPS) is 12.0. The number of aromatic amines is 1. The molecule has 2 heterocycles. The van der Waals surface area contributed by atoms with Gasteiger partial charge in [0.25, 0.3) is 5.91 Å². The minimum Gasteiger partial charge on any atom is -0.333 e. The van der Waals surface area contributed by atoms with Crippen LogP contribution in [0.25, 0.3) is 22.8 Å². The lowest BCUT2D eigenvalue weighted by Crippen LogP contribution is -2.13. The van der Waals surface area contributed by atoms with Gasteiger partial charge in [-0.3, -0.25) is 4.79 Å². The van der Waals surface area contributed by atoms with E-state index in [1.807, 2.05) is 0 Å². The molecular formula is C25H25F2N5O. The van der Waals surface area contributed by atoms with E-state index < -0.39 is 11.7 Å². The Labute approximate surface area is 190 Å². The molecule has 1 atom stereocenters. The molecule has 4 aromatic rings. The summed E-state index contributed by atoms with van der Waals surface area (Å²) in [4.78, 5) is 24.8. The van der Waals surface area contributed by atoms with Crippen molar-refractivity contribution in [2.75, 3.05) is 5.32 Å². The minimum atomic E-state index is -0.521. The second-order valence-corrected chi connectivity index (χ2v) is 7.79. The third-order valence-corrected chi connectivity index (χ3v) is 5.56. The maximum Gasteiger partial charge on any atom is 0.273 e. The molecule has 0 fully saturated rings. The zero-order valence-electron chi connectivity index (χ0n) is 18.5. The van der Waals surface area contributed by atoms with Crippen LogP contribution >= 0.6 is 0 Å². The van der Waals surface area contributed by atoms with E-state index in [2.05, 4.69) is 38.7 Å². The number of hydrogen-bond donors (Lipinski definition) is 2. The summed E-state index contributed by atoms with van der Waals surface area (Å²) in [6.07, 6.45) is 6.01. The summed E-state index contributed by atoms with van der Waals surface area (Å²) in [5, 5.41) is 2.56. The van der Waals surface area contributed by atoms with Crippen molar-refractivity contribution < 1.29 is 13.6 Å². The molecule has 2 aromatic heterocycles.